The molecule has 0 fully saturated rings. The van der Waals surface area contributed by atoms with Crippen molar-refractivity contribution in [3.63, 3.8) is 0 Å². The van der Waals surface area contributed by atoms with Crippen molar-refractivity contribution in [3.8, 4) is 11.5 Å². The third-order valence-electron chi connectivity index (χ3n) is 2.93. The van der Waals surface area contributed by atoms with Gasteiger partial charge in [-0.15, -0.1) is 0 Å². The second-order valence-corrected chi connectivity index (χ2v) is 5.28. The molecule has 0 aliphatic rings. The van der Waals surface area contributed by atoms with E-state index in [2.05, 4.69) is 15.9 Å². The zero-order chi connectivity index (χ0) is 15.2. The summed E-state index contributed by atoms with van der Waals surface area (Å²) in [7, 11) is 0. The van der Waals surface area contributed by atoms with Gasteiger partial charge in [0.2, 0.25) is 0 Å². The van der Waals surface area contributed by atoms with Crippen LogP contribution >= 0.6 is 15.9 Å². The van der Waals surface area contributed by atoms with Gasteiger partial charge in [-0.1, -0.05) is 18.2 Å². The number of nitrogens with two attached hydrogens (primary N) is 1. The second kappa shape index (κ2) is 7.43. The fourth-order valence-corrected chi connectivity index (χ4v) is 2.51. The highest BCUT2D eigenvalue weighted by molar-refractivity contribution is 9.10. The van der Waals surface area contributed by atoms with Crippen molar-refractivity contribution in [2.75, 3.05) is 6.61 Å². The Morgan fingerprint density at radius 3 is 2.62 bits per heavy atom. The van der Waals surface area contributed by atoms with Crippen LogP contribution in [0.1, 0.15) is 18.1 Å². The summed E-state index contributed by atoms with van der Waals surface area (Å²) in [5.74, 6) is 0.867. The Morgan fingerprint density at radius 2 is 1.95 bits per heavy atom. The van der Waals surface area contributed by atoms with Crippen LogP contribution in [0.25, 0.3) is 0 Å². The van der Waals surface area contributed by atoms with E-state index >= 15 is 0 Å². The monoisotopic (exact) mass is 353 g/mol. The number of hydrogen-bond donors (Lipinski definition) is 1. The predicted molar refractivity (Wildman–Crippen MR) is 83.9 cm³/mol. The van der Waals surface area contributed by atoms with Crippen LogP contribution in [0.4, 0.5) is 4.39 Å². The quantitative estimate of drug-likeness (QED) is 0.852. The van der Waals surface area contributed by atoms with Crippen molar-refractivity contribution in [2.24, 2.45) is 5.73 Å². The molecular formula is C16H17BrFNO2. The lowest BCUT2D eigenvalue weighted by molar-refractivity contribution is 0.264. The van der Waals surface area contributed by atoms with Gasteiger partial charge in [0.15, 0.2) is 11.5 Å². The smallest absolute Gasteiger partial charge is 0.175 e. The van der Waals surface area contributed by atoms with E-state index in [-0.39, 0.29) is 12.4 Å². The van der Waals surface area contributed by atoms with E-state index in [9.17, 15) is 4.39 Å². The minimum atomic E-state index is -0.287. The number of benzene rings is 2. The molecule has 0 aliphatic carbocycles. The van der Waals surface area contributed by atoms with Gasteiger partial charge < -0.3 is 15.2 Å². The van der Waals surface area contributed by atoms with E-state index in [0.29, 0.717) is 30.2 Å². The van der Waals surface area contributed by atoms with Gasteiger partial charge in [0.1, 0.15) is 12.4 Å². The van der Waals surface area contributed by atoms with Gasteiger partial charge in [0, 0.05) is 12.1 Å². The summed E-state index contributed by atoms with van der Waals surface area (Å²) >= 11 is 3.45. The highest BCUT2D eigenvalue weighted by Gasteiger charge is 2.13. The van der Waals surface area contributed by atoms with Crippen molar-refractivity contribution < 1.29 is 13.9 Å². The van der Waals surface area contributed by atoms with Gasteiger partial charge >= 0.3 is 0 Å². The van der Waals surface area contributed by atoms with Gasteiger partial charge in [-0.05, 0) is 46.6 Å². The van der Waals surface area contributed by atoms with Crippen LogP contribution in [0.2, 0.25) is 0 Å². The Morgan fingerprint density at radius 1 is 1.19 bits per heavy atom. The zero-order valence-corrected chi connectivity index (χ0v) is 13.3. The maximum atomic E-state index is 13.6. The molecule has 21 heavy (non-hydrogen) atoms. The number of hydrogen-bond acceptors (Lipinski definition) is 3. The Kier molecular flexibility index (Phi) is 5.59. The lowest BCUT2D eigenvalue weighted by Gasteiger charge is -2.15. The van der Waals surface area contributed by atoms with Gasteiger partial charge in [-0.3, -0.25) is 0 Å². The summed E-state index contributed by atoms with van der Waals surface area (Å²) < 4.78 is 25.7. The summed E-state index contributed by atoms with van der Waals surface area (Å²) in [6, 6.07) is 10.2. The van der Waals surface area contributed by atoms with Gasteiger partial charge in [0.05, 0.1) is 11.1 Å². The molecular weight excluding hydrogens is 337 g/mol. The Hall–Kier alpha value is -1.59. The molecule has 3 nitrogen and oxygen atoms in total. The van der Waals surface area contributed by atoms with E-state index in [1.807, 2.05) is 19.1 Å². The summed E-state index contributed by atoms with van der Waals surface area (Å²) in [5, 5.41) is 0. The minimum Gasteiger partial charge on any atom is -0.490 e. The molecule has 0 bridgehead atoms. The molecule has 0 amide bonds. The summed E-state index contributed by atoms with van der Waals surface area (Å²) in [4.78, 5) is 0. The first-order chi connectivity index (χ1) is 10.2. The largest absolute Gasteiger partial charge is 0.490 e. The third kappa shape index (κ3) is 3.95. The molecule has 2 aromatic rings. The summed E-state index contributed by atoms with van der Waals surface area (Å²) in [6.07, 6.45) is 0. The minimum absolute atomic E-state index is 0.132. The normalized spacial score (nSPS) is 10.5. The Bertz CT molecular complexity index is 619. The van der Waals surface area contributed by atoms with Crippen molar-refractivity contribution >= 4 is 15.9 Å². The molecule has 0 atom stereocenters. The lowest BCUT2D eigenvalue weighted by Crippen LogP contribution is -2.04. The number of rotatable bonds is 6. The summed E-state index contributed by atoms with van der Waals surface area (Å²) in [5.41, 5.74) is 7.08. The van der Waals surface area contributed by atoms with Crippen molar-refractivity contribution in [3.05, 3.63) is 57.8 Å². The summed E-state index contributed by atoms with van der Waals surface area (Å²) in [6.45, 7) is 2.94. The molecule has 0 aliphatic heterocycles. The molecule has 0 radical (unpaired) electrons. The molecule has 0 saturated heterocycles. The average molecular weight is 354 g/mol. The Labute approximate surface area is 132 Å². The van der Waals surface area contributed by atoms with E-state index in [0.717, 1.165) is 10.0 Å². The maximum absolute atomic E-state index is 13.6. The molecule has 0 spiro atoms. The first-order valence-electron chi connectivity index (χ1n) is 6.67. The Balaban J connectivity index is 2.24. The van der Waals surface area contributed by atoms with E-state index < -0.39 is 0 Å². The van der Waals surface area contributed by atoms with E-state index in [1.54, 1.807) is 18.2 Å². The van der Waals surface area contributed by atoms with Crippen molar-refractivity contribution in [2.45, 2.75) is 20.1 Å². The SMILES string of the molecule is CCOc1cc(CN)cc(Br)c1OCc1ccccc1F. The van der Waals surface area contributed by atoms with E-state index in [1.165, 1.54) is 6.07 Å². The molecule has 0 heterocycles. The van der Waals surface area contributed by atoms with Crippen LogP contribution in [-0.2, 0) is 13.2 Å². The van der Waals surface area contributed by atoms with Crippen LogP contribution in [0.3, 0.4) is 0 Å². The molecule has 112 valence electrons. The molecule has 2 N–H and O–H groups in total. The number of halogens is 2. The van der Waals surface area contributed by atoms with Crippen LogP contribution in [0.5, 0.6) is 11.5 Å². The highest BCUT2D eigenvalue weighted by atomic mass is 79.9. The topological polar surface area (TPSA) is 44.5 Å². The van der Waals surface area contributed by atoms with Crippen LogP contribution in [0.15, 0.2) is 40.9 Å². The molecule has 0 aromatic heterocycles. The lowest BCUT2D eigenvalue weighted by atomic mass is 10.2. The first kappa shape index (κ1) is 15.8. The fourth-order valence-electron chi connectivity index (χ4n) is 1.91. The van der Waals surface area contributed by atoms with Crippen LogP contribution < -0.4 is 15.2 Å². The molecule has 2 rings (SSSR count). The highest BCUT2D eigenvalue weighted by Crippen LogP contribution is 2.37. The predicted octanol–water partition coefficient (Wildman–Crippen LogP) is 4.02. The molecule has 0 unspecified atom stereocenters. The van der Waals surface area contributed by atoms with Crippen LogP contribution in [-0.4, -0.2) is 6.61 Å². The van der Waals surface area contributed by atoms with Crippen LogP contribution in [0, 0.1) is 5.82 Å². The fraction of sp³-hybridized carbons (Fsp3) is 0.250. The van der Waals surface area contributed by atoms with Crippen molar-refractivity contribution in [1.82, 2.24) is 0 Å². The first-order valence-corrected chi connectivity index (χ1v) is 7.46. The van der Waals surface area contributed by atoms with Crippen molar-refractivity contribution in [1.29, 1.82) is 0 Å². The zero-order valence-electron chi connectivity index (χ0n) is 11.7. The molecule has 2 aromatic carbocycles. The molecule has 5 heteroatoms. The third-order valence-corrected chi connectivity index (χ3v) is 3.52. The van der Waals surface area contributed by atoms with Gasteiger partial charge in [-0.25, -0.2) is 4.39 Å². The van der Waals surface area contributed by atoms with Gasteiger partial charge in [0.25, 0.3) is 0 Å². The standard InChI is InChI=1S/C16H17BrFNO2/c1-2-20-15-8-11(9-19)7-13(17)16(15)21-10-12-5-3-4-6-14(12)18/h3-8H,2,9-10,19H2,1H3. The van der Waals surface area contributed by atoms with E-state index in [4.69, 9.17) is 15.2 Å². The van der Waals surface area contributed by atoms with Gasteiger partial charge in [-0.2, -0.15) is 0 Å². The maximum Gasteiger partial charge on any atom is 0.175 e. The molecule has 0 saturated carbocycles. The number of ether oxygens (including phenoxy) is 2. The average Bonchev–Trinajstić information content (AvgIpc) is 2.48. The second-order valence-electron chi connectivity index (χ2n) is 4.42.